The summed E-state index contributed by atoms with van der Waals surface area (Å²) in [7, 11) is 0. The molecule has 96 valence electrons. The van der Waals surface area contributed by atoms with Crippen LogP contribution in [0, 0.1) is 0 Å². The molecule has 0 aliphatic rings. The highest BCUT2D eigenvalue weighted by Crippen LogP contribution is 2.29. The zero-order valence-electron chi connectivity index (χ0n) is 9.24. The Kier molecular flexibility index (Phi) is 4.58. The summed E-state index contributed by atoms with van der Waals surface area (Å²) >= 11 is 4.54. The number of hydrogen-bond acceptors (Lipinski definition) is 9. The first-order chi connectivity index (χ1) is 8.72. The molecule has 3 N–H and O–H groups in total. The molecular formula is C8H9N5O2S3. The summed E-state index contributed by atoms with van der Waals surface area (Å²) in [4.78, 5) is 11.2. The van der Waals surface area contributed by atoms with Crippen molar-refractivity contribution in [3.8, 4) is 0 Å². The summed E-state index contributed by atoms with van der Waals surface area (Å²) in [5, 5.41) is 11.6. The molecule has 0 saturated heterocycles. The van der Waals surface area contributed by atoms with Crippen LogP contribution in [0.4, 0.5) is 0 Å². The van der Waals surface area contributed by atoms with Gasteiger partial charge in [0.1, 0.15) is 5.76 Å². The van der Waals surface area contributed by atoms with Gasteiger partial charge in [0, 0.05) is 6.07 Å². The van der Waals surface area contributed by atoms with Crippen molar-refractivity contribution in [2.75, 3.05) is 6.26 Å². The Morgan fingerprint density at radius 2 is 2.33 bits per heavy atom. The molecule has 0 aliphatic carbocycles. The monoisotopic (exact) mass is 303 g/mol. The van der Waals surface area contributed by atoms with Crippen LogP contribution in [0.1, 0.15) is 16.2 Å². The SMILES string of the molecule is CSc1nnc(SCc2cc(C(=O)NN)no2)s1. The molecule has 2 rings (SSSR count). The van der Waals surface area contributed by atoms with Crippen molar-refractivity contribution in [3.05, 3.63) is 17.5 Å². The quantitative estimate of drug-likeness (QED) is 0.366. The molecule has 18 heavy (non-hydrogen) atoms. The zero-order valence-corrected chi connectivity index (χ0v) is 11.7. The van der Waals surface area contributed by atoms with Crippen LogP contribution in [-0.2, 0) is 5.75 Å². The molecule has 2 aromatic heterocycles. The van der Waals surface area contributed by atoms with E-state index >= 15 is 0 Å². The summed E-state index contributed by atoms with van der Waals surface area (Å²) in [6, 6.07) is 1.55. The standard InChI is InChI=1S/C8H9N5O2S3/c1-16-7-11-12-8(18-7)17-3-4-2-5(13-15-4)6(14)10-9/h2H,3,9H2,1H3,(H,10,14). The van der Waals surface area contributed by atoms with Crippen LogP contribution in [0.5, 0.6) is 0 Å². The van der Waals surface area contributed by atoms with Gasteiger partial charge in [-0.2, -0.15) is 0 Å². The average Bonchev–Trinajstić information content (AvgIpc) is 3.04. The van der Waals surface area contributed by atoms with Gasteiger partial charge in [0.25, 0.3) is 5.91 Å². The van der Waals surface area contributed by atoms with Crippen molar-refractivity contribution in [3.63, 3.8) is 0 Å². The van der Waals surface area contributed by atoms with Crippen LogP contribution >= 0.6 is 34.9 Å². The van der Waals surface area contributed by atoms with Gasteiger partial charge in [-0.3, -0.25) is 10.2 Å². The third-order valence-electron chi connectivity index (χ3n) is 1.82. The highest BCUT2D eigenvalue weighted by Gasteiger charge is 2.12. The van der Waals surface area contributed by atoms with Gasteiger partial charge in [0.05, 0.1) is 5.75 Å². The highest BCUT2D eigenvalue weighted by atomic mass is 32.2. The smallest absolute Gasteiger partial charge is 0.287 e. The predicted octanol–water partition coefficient (Wildman–Crippen LogP) is 1.14. The molecular weight excluding hydrogens is 294 g/mol. The second-order valence-corrected chi connectivity index (χ2v) is 6.23. The topological polar surface area (TPSA) is 107 Å². The Morgan fingerprint density at radius 3 is 3.00 bits per heavy atom. The molecule has 0 saturated carbocycles. The van der Waals surface area contributed by atoms with E-state index in [1.807, 2.05) is 11.7 Å². The molecule has 0 bridgehead atoms. The average molecular weight is 303 g/mol. The second kappa shape index (κ2) is 6.18. The Labute approximate surface area is 115 Å². The van der Waals surface area contributed by atoms with E-state index < -0.39 is 5.91 Å². The van der Waals surface area contributed by atoms with Crippen LogP contribution in [-0.4, -0.2) is 27.5 Å². The molecule has 7 nitrogen and oxygen atoms in total. The van der Waals surface area contributed by atoms with Crippen molar-refractivity contribution in [1.29, 1.82) is 0 Å². The molecule has 2 aromatic rings. The summed E-state index contributed by atoms with van der Waals surface area (Å²) < 4.78 is 6.77. The summed E-state index contributed by atoms with van der Waals surface area (Å²) in [5.74, 6) is 5.63. The largest absolute Gasteiger partial charge is 0.360 e. The maximum absolute atomic E-state index is 11.2. The van der Waals surface area contributed by atoms with Crippen LogP contribution < -0.4 is 11.3 Å². The lowest BCUT2D eigenvalue weighted by atomic mass is 10.4. The van der Waals surface area contributed by atoms with E-state index in [1.54, 1.807) is 17.8 Å². The molecule has 0 spiro atoms. The number of nitrogen functional groups attached to an aromatic ring is 1. The number of nitrogens with one attached hydrogen (secondary N) is 1. The van der Waals surface area contributed by atoms with Crippen molar-refractivity contribution in [2.45, 2.75) is 14.4 Å². The lowest BCUT2D eigenvalue weighted by Gasteiger charge is -1.90. The van der Waals surface area contributed by atoms with Gasteiger partial charge in [-0.05, 0) is 6.26 Å². The van der Waals surface area contributed by atoms with Gasteiger partial charge in [-0.25, -0.2) is 5.84 Å². The molecule has 2 heterocycles. The number of hydrogen-bond donors (Lipinski definition) is 2. The number of carbonyl (C=O) groups is 1. The fourth-order valence-corrected chi connectivity index (χ4v) is 3.35. The summed E-state index contributed by atoms with van der Waals surface area (Å²) in [6.45, 7) is 0. The maximum atomic E-state index is 11.2. The molecule has 10 heteroatoms. The van der Waals surface area contributed by atoms with E-state index in [0.29, 0.717) is 11.5 Å². The number of nitrogens with zero attached hydrogens (tertiary/aromatic N) is 3. The molecule has 0 aromatic carbocycles. The second-order valence-electron chi connectivity index (χ2n) is 2.98. The Hall–Kier alpha value is -1.10. The Bertz CT molecular complexity index is 540. The van der Waals surface area contributed by atoms with Crippen LogP contribution in [0.15, 0.2) is 19.3 Å². The third kappa shape index (κ3) is 3.22. The molecule has 0 atom stereocenters. The summed E-state index contributed by atoms with van der Waals surface area (Å²) in [6.07, 6.45) is 1.95. The van der Waals surface area contributed by atoms with Crippen molar-refractivity contribution < 1.29 is 9.32 Å². The van der Waals surface area contributed by atoms with Gasteiger partial charge < -0.3 is 4.52 Å². The number of aromatic nitrogens is 3. The molecule has 0 unspecified atom stereocenters. The van der Waals surface area contributed by atoms with Gasteiger partial charge in [0.15, 0.2) is 14.4 Å². The van der Waals surface area contributed by atoms with E-state index in [1.165, 1.54) is 23.1 Å². The van der Waals surface area contributed by atoms with E-state index in [-0.39, 0.29) is 5.69 Å². The lowest BCUT2D eigenvalue weighted by Crippen LogP contribution is -2.30. The Morgan fingerprint density at radius 1 is 1.56 bits per heavy atom. The highest BCUT2D eigenvalue weighted by molar-refractivity contribution is 8.02. The minimum atomic E-state index is -0.476. The van der Waals surface area contributed by atoms with Gasteiger partial charge in [-0.15, -0.1) is 10.2 Å². The molecule has 1 amide bonds. The van der Waals surface area contributed by atoms with Crippen LogP contribution in [0.3, 0.4) is 0 Å². The molecule has 0 fully saturated rings. The number of carbonyl (C=O) groups excluding carboxylic acids is 1. The van der Waals surface area contributed by atoms with Crippen molar-refractivity contribution >= 4 is 40.8 Å². The number of amides is 1. The first-order valence-corrected chi connectivity index (χ1v) is 7.72. The molecule has 0 aliphatic heterocycles. The third-order valence-corrected chi connectivity index (χ3v) is 4.88. The van der Waals surface area contributed by atoms with E-state index in [2.05, 4.69) is 15.4 Å². The predicted molar refractivity (Wildman–Crippen MR) is 69.4 cm³/mol. The van der Waals surface area contributed by atoms with E-state index in [9.17, 15) is 4.79 Å². The number of rotatable bonds is 5. The first-order valence-electron chi connectivity index (χ1n) is 4.69. The first kappa shape index (κ1) is 13.3. The van der Waals surface area contributed by atoms with Crippen LogP contribution in [0.2, 0.25) is 0 Å². The maximum Gasteiger partial charge on any atom is 0.287 e. The zero-order chi connectivity index (χ0) is 13.0. The minimum Gasteiger partial charge on any atom is -0.360 e. The van der Waals surface area contributed by atoms with Crippen LogP contribution in [0.25, 0.3) is 0 Å². The molecule has 0 radical (unpaired) electrons. The van der Waals surface area contributed by atoms with E-state index in [0.717, 1.165) is 8.68 Å². The fraction of sp³-hybridized carbons (Fsp3) is 0.250. The summed E-state index contributed by atoms with van der Waals surface area (Å²) in [5.41, 5.74) is 2.15. The van der Waals surface area contributed by atoms with E-state index in [4.69, 9.17) is 10.4 Å². The van der Waals surface area contributed by atoms with Gasteiger partial charge in [-0.1, -0.05) is 40.0 Å². The van der Waals surface area contributed by atoms with Gasteiger partial charge in [0.2, 0.25) is 0 Å². The number of thioether (sulfide) groups is 2. The lowest BCUT2D eigenvalue weighted by molar-refractivity contribution is 0.0944. The van der Waals surface area contributed by atoms with Crippen molar-refractivity contribution in [2.24, 2.45) is 5.84 Å². The number of hydrazine groups is 1. The van der Waals surface area contributed by atoms with Gasteiger partial charge >= 0.3 is 0 Å². The Balaban J connectivity index is 1.93. The fourth-order valence-electron chi connectivity index (χ4n) is 1.03. The number of nitrogens with two attached hydrogens (primary N) is 1. The van der Waals surface area contributed by atoms with Crippen molar-refractivity contribution in [1.82, 2.24) is 20.8 Å². The normalized spacial score (nSPS) is 10.6. The minimum absolute atomic E-state index is 0.162.